The molecule has 0 aliphatic carbocycles. The number of carboxylic acids is 1. The molecule has 0 amide bonds. The van der Waals surface area contributed by atoms with Crippen molar-refractivity contribution in [3.63, 3.8) is 0 Å². The van der Waals surface area contributed by atoms with E-state index in [1.807, 2.05) is 18.2 Å². The van der Waals surface area contributed by atoms with Crippen LogP contribution in [0.1, 0.15) is 18.0 Å². The Balaban J connectivity index is 2.14. The Morgan fingerprint density at radius 1 is 1.40 bits per heavy atom. The van der Waals surface area contributed by atoms with Gasteiger partial charge in [0.1, 0.15) is 6.04 Å². The third-order valence-electron chi connectivity index (χ3n) is 2.48. The minimum Gasteiger partial charge on any atom is -0.480 e. The number of rotatable bonds is 2. The first-order valence-corrected chi connectivity index (χ1v) is 5.04. The molecule has 1 aliphatic heterocycles. The van der Waals surface area contributed by atoms with E-state index in [4.69, 9.17) is 16.7 Å². The smallest absolute Gasteiger partial charge is 0.322 e. The molecule has 1 aromatic rings. The zero-order chi connectivity index (χ0) is 10.8. The third kappa shape index (κ3) is 2.12. The summed E-state index contributed by atoms with van der Waals surface area (Å²) in [6.07, 6.45) is 0.499. The van der Waals surface area contributed by atoms with Gasteiger partial charge in [0.25, 0.3) is 0 Å². The minimum atomic E-state index is -0.850. The molecule has 0 saturated carbocycles. The van der Waals surface area contributed by atoms with E-state index in [1.54, 1.807) is 6.07 Å². The molecule has 0 bridgehead atoms. The second kappa shape index (κ2) is 4.18. The molecule has 1 fully saturated rings. The summed E-state index contributed by atoms with van der Waals surface area (Å²) in [6, 6.07) is 6.84. The Labute approximate surface area is 92.2 Å². The Hall–Kier alpha value is -1.10. The summed E-state index contributed by atoms with van der Waals surface area (Å²) in [7, 11) is 0. The third-order valence-corrected chi connectivity index (χ3v) is 2.83. The van der Waals surface area contributed by atoms with Crippen LogP contribution in [-0.4, -0.2) is 17.1 Å². The van der Waals surface area contributed by atoms with Crippen molar-refractivity contribution in [2.45, 2.75) is 18.5 Å². The summed E-state index contributed by atoms with van der Waals surface area (Å²) in [5, 5.41) is 9.47. The predicted molar refractivity (Wildman–Crippen MR) is 56.5 cm³/mol. The molecule has 3 N–H and O–H groups in total. The SMILES string of the molecule is O=C(O)C1CC(c2ccccc2Cl)NN1. The van der Waals surface area contributed by atoms with E-state index in [-0.39, 0.29) is 6.04 Å². The molecule has 5 heteroatoms. The molecule has 15 heavy (non-hydrogen) atoms. The second-order valence-electron chi connectivity index (χ2n) is 3.49. The Kier molecular flexibility index (Phi) is 2.90. The van der Waals surface area contributed by atoms with Crippen LogP contribution >= 0.6 is 11.6 Å². The van der Waals surface area contributed by atoms with Crippen molar-refractivity contribution in [3.05, 3.63) is 34.9 Å². The van der Waals surface area contributed by atoms with Gasteiger partial charge in [0, 0.05) is 11.1 Å². The Morgan fingerprint density at radius 3 is 2.73 bits per heavy atom. The lowest BCUT2D eigenvalue weighted by Gasteiger charge is -2.10. The van der Waals surface area contributed by atoms with Crippen molar-refractivity contribution >= 4 is 17.6 Å². The van der Waals surface area contributed by atoms with Gasteiger partial charge >= 0.3 is 5.97 Å². The molecular weight excluding hydrogens is 216 g/mol. The highest BCUT2D eigenvalue weighted by atomic mass is 35.5. The quantitative estimate of drug-likeness (QED) is 0.712. The summed E-state index contributed by atoms with van der Waals surface area (Å²) < 4.78 is 0. The second-order valence-corrected chi connectivity index (χ2v) is 3.90. The van der Waals surface area contributed by atoms with Gasteiger partial charge in [-0.1, -0.05) is 29.8 Å². The largest absolute Gasteiger partial charge is 0.480 e. The molecule has 1 saturated heterocycles. The molecule has 80 valence electrons. The van der Waals surface area contributed by atoms with E-state index in [2.05, 4.69) is 10.9 Å². The normalized spacial score (nSPS) is 25.4. The number of hydrogen-bond acceptors (Lipinski definition) is 3. The van der Waals surface area contributed by atoms with Gasteiger partial charge in [0.15, 0.2) is 0 Å². The molecule has 0 spiro atoms. The zero-order valence-corrected chi connectivity index (χ0v) is 8.66. The molecule has 0 aromatic heterocycles. The van der Waals surface area contributed by atoms with Crippen molar-refractivity contribution in [2.24, 2.45) is 0 Å². The summed E-state index contributed by atoms with van der Waals surface area (Å²) in [6.45, 7) is 0. The molecule has 4 nitrogen and oxygen atoms in total. The first kappa shape index (κ1) is 10.4. The van der Waals surface area contributed by atoms with Crippen LogP contribution in [0.5, 0.6) is 0 Å². The Morgan fingerprint density at radius 2 is 2.13 bits per heavy atom. The molecule has 2 unspecified atom stereocenters. The van der Waals surface area contributed by atoms with Crippen LogP contribution in [0.15, 0.2) is 24.3 Å². The van der Waals surface area contributed by atoms with Crippen LogP contribution in [0.25, 0.3) is 0 Å². The molecule has 1 heterocycles. The summed E-state index contributed by atoms with van der Waals surface area (Å²) in [5.41, 5.74) is 6.58. The summed E-state index contributed by atoms with van der Waals surface area (Å²) in [4.78, 5) is 10.7. The fraction of sp³-hybridized carbons (Fsp3) is 0.300. The maximum Gasteiger partial charge on any atom is 0.322 e. The lowest BCUT2D eigenvalue weighted by Crippen LogP contribution is -2.36. The van der Waals surface area contributed by atoms with E-state index in [9.17, 15) is 4.79 Å². The van der Waals surface area contributed by atoms with Gasteiger partial charge in [0.05, 0.1) is 0 Å². The molecule has 2 atom stereocenters. The topological polar surface area (TPSA) is 61.4 Å². The molecular formula is C10H11ClN2O2. The highest BCUT2D eigenvalue weighted by Crippen LogP contribution is 2.28. The number of carbonyl (C=O) groups is 1. The standard InChI is InChI=1S/C10H11ClN2O2/c11-7-4-2-1-3-6(7)8-5-9(10(14)15)13-12-8/h1-4,8-9,12-13H,5H2,(H,14,15). The summed E-state index contributed by atoms with van der Waals surface area (Å²) in [5.74, 6) is -0.850. The maximum absolute atomic E-state index is 10.7. The van der Waals surface area contributed by atoms with Crippen LogP contribution in [0.3, 0.4) is 0 Å². The van der Waals surface area contributed by atoms with E-state index in [1.165, 1.54) is 0 Å². The number of carboxylic acid groups (broad SMARTS) is 1. The van der Waals surface area contributed by atoms with E-state index < -0.39 is 12.0 Å². The van der Waals surface area contributed by atoms with Crippen LogP contribution < -0.4 is 10.9 Å². The molecule has 0 radical (unpaired) electrons. The number of benzene rings is 1. The Bertz CT molecular complexity index is 383. The highest BCUT2D eigenvalue weighted by Gasteiger charge is 2.30. The number of halogens is 1. The number of aliphatic carboxylic acids is 1. The van der Waals surface area contributed by atoms with Crippen molar-refractivity contribution < 1.29 is 9.90 Å². The van der Waals surface area contributed by atoms with Crippen LogP contribution in [-0.2, 0) is 4.79 Å². The van der Waals surface area contributed by atoms with Gasteiger partial charge in [0.2, 0.25) is 0 Å². The lowest BCUT2D eigenvalue weighted by atomic mass is 10.0. The summed E-state index contributed by atoms with van der Waals surface area (Å²) >= 11 is 6.02. The minimum absolute atomic E-state index is 0.0419. The molecule has 1 aromatic carbocycles. The highest BCUT2D eigenvalue weighted by molar-refractivity contribution is 6.31. The lowest BCUT2D eigenvalue weighted by molar-refractivity contribution is -0.139. The predicted octanol–water partition coefficient (Wildman–Crippen LogP) is 1.33. The fourth-order valence-corrected chi connectivity index (χ4v) is 1.95. The molecule has 2 rings (SSSR count). The van der Waals surface area contributed by atoms with Crippen LogP contribution in [0.4, 0.5) is 0 Å². The van der Waals surface area contributed by atoms with Gasteiger partial charge < -0.3 is 5.11 Å². The van der Waals surface area contributed by atoms with Gasteiger partial charge in [-0.05, 0) is 18.1 Å². The first-order valence-electron chi connectivity index (χ1n) is 4.67. The van der Waals surface area contributed by atoms with Gasteiger partial charge in [-0.2, -0.15) is 0 Å². The van der Waals surface area contributed by atoms with Crippen molar-refractivity contribution in [3.8, 4) is 0 Å². The zero-order valence-electron chi connectivity index (χ0n) is 7.90. The van der Waals surface area contributed by atoms with Crippen LogP contribution in [0, 0.1) is 0 Å². The van der Waals surface area contributed by atoms with E-state index in [0.717, 1.165) is 5.56 Å². The van der Waals surface area contributed by atoms with Crippen molar-refractivity contribution in [1.82, 2.24) is 10.9 Å². The van der Waals surface area contributed by atoms with Crippen molar-refractivity contribution in [1.29, 1.82) is 0 Å². The van der Waals surface area contributed by atoms with E-state index in [0.29, 0.717) is 11.4 Å². The van der Waals surface area contributed by atoms with Gasteiger partial charge in [-0.3, -0.25) is 4.79 Å². The number of nitrogens with one attached hydrogen (secondary N) is 2. The maximum atomic E-state index is 10.7. The average Bonchev–Trinajstić information content (AvgIpc) is 2.67. The van der Waals surface area contributed by atoms with Crippen molar-refractivity contribution in [2.75, 3.05) is 0 Å². The number of hydrogen-bond donors (Lipinski definition) is 3. The van der Waals surface area contributed by atoms with Gasteiger partial charge in [-0.25, -0.2) is 10.9 Å². The van der Waals surface area contributed by atoms with E-state index >= 15 is 0 Å². The average molecular weight is 227 g/mol. The first-order chi connectivity index (χ1) is 7.18. The van der Waals surface area contributed by atoms with Gasteiger partial charge in [-0.15, -0.1) is 0 Å². The fourth-order valence-electron chi connectivity index (χ4n) is 1.68. The monoisotopic (exact) mass is 226 g/mol. The van der Waals surface area contributed by atoms with Crippen LogP contribution in [0.2, 0.25) is 5.02 Å². The number of hydrazine groups is 1. The molecule has 1 aliphatic rings.